The maximum Gasteiger partial charge on any atom is 0.269 e. The van der Waals surface area contributed by atoms with E-state index in [0.717, 1.165) is 5.56 Å². The summed E-state index contributed by atoms with van der Waals surface area (Å²) in [6.07, 6.45) is 2.40. The highest BCUT2D eigenvalue weighted by Crippen LogP contribution is 2.11. The Hall–Kier alpha value is -0.600. The first kappa shape index (κ1) is 15.5. The van der Waals surface area contributed by atoms with Crippen LogP contribution in [0.4, 0.5) is 0 Å². The van der Waals surface area contributed by atoms with Gasteiger partial charge in [-0.2, -0.15) is 8.42 Å². The van der Waals surface area contributed by atoms with Gasteiger partial charge in [-0.15, -0.1) is 0 Å². The predicted molar refractivity (Wildman–Crippen MR) is 70.1 cm³/mol. The van der Waals surface area contributed by atoms with Crippen LogP contribution in [0.25, 0.3) is 0 Å². The van der Waals surface area contributed by atoms with Gasteiger partial charge in [-0.05, 0) is 28.7 Å². The van der Waals surface area contributed by atoms with E-state index in [0.29, 0.717) is 18.4 Å². The lowest BCUT2D eigenvalue weighted by Gasteiger charge is -2.12. The molecule has 2 atom stereocenters. The molecular weight excluding hydrogens is 276 g/mol. The van der Waals surface area contributed by atoms with E-state index >= 15 is 0 Å². The molecule has 5 nitrogen and oxygen atoms in total. The van der Waals surface area contributed by atoms with E-state index in [1.54, 1.807) is 24.3 Å². The summed E-state index contributed by atoms with van der Waals surface area (Å²) in [6.45, 7) is 0. The van der Waals surface area contributed by atoms with Crippen molar-refractivity contribution in [3.05, 3.63) is 35.4 Å². The smallest absolute Gasteiger partial charge is 0.269 e. The van der Waals surface area contributed by atoms with Gasteiger partial charge in [-0.1, -0.05) is 24.3 Å². The van der Waals surface area contributed by atoms with Gasteiger partial charge in [0.05, 0.1) is 6.26 Å². The van der Waals surface area contributed by atoms with Crippen molar-refractivity contribution in [2.24, 2.45) is 0 Å². The van der Waals surface area contributed by atoms with Crippen molar-refractivity contribution in [2.75, 3.05) is 6.26 Å². The fraction of sp³-hybridized carbons (Fsp3) is 0.455. The van der Waals surface area contributed by atoms with Crippen LogP contribution in [0.2, 0.25) is 0 Å². The van der Waals surface area contributed by atoms with Gasteiger partial charge in [0.15, 0.2) is 0 Å². The minimum Gasteiger partial charge on any atom is -0.615 e. The maximum atomic E-state index is 10.9. The van der Waals surface area contributed by atoms with Gasteiger partial charge in [0.2, 0.25) is 5.44 Å². The van der Waals surface area contributed by atoms with Crippen LogP contribution in [0.3, 0.4) is 0 Å². The van der Waals surface area contributed by atoms with Crippen LogP contribution in [0.5, 0.6) is 0 Å². The highest BCUT2D eigenvalue weighted by Gasteiger charge is 2.13. The van der Waals surface area contributed by atoms with Crippen LogP contribution in [-0.4, -0.2) is 34.3 Å². The summed E-state index contributed by atoms with van der Waals surface area (Å²) >= 11 is -1.26. The minimum absolute atomic E-state index is 0.390. The van der Waals surface area contributed by atoms with Gasteiger partial charge in [-0.25, -0.2) is 0 Å². The van der Waals surface area contributed by atoms with Crippen molar-refractivity contribution in [1.29, 1.82) is 0 Å². The molecule has 0 aliphatic carbocycles. The fourth-order valence-electron chi connectivity index (χ4n) is 1.47. The molecule has 0 bridgehead atoms. The molecule has 0 radical (unpaired) electrons. The van der Waals surface area contributed by atoms with Crippen molar-refractivity contribution in [2.45, 2.75) is 24.0 Å². The fourth-order valence-corrected chi connectivity index (χ4v) is 2.53. The zero-order valence-corrected chi connectivity index (χ0v) is 11.6. The zero-order valence-electron chi connectivity index (χ0n) is 9.94. The van der Waals surface area contributed by atoms with Gasteiger partial charge in [0.25, 0.3) is 10.1 Å². The average molecular weight is 292 g/mol. The number of benzene rings is 1. The van der Waals surface area contributed by atoms with Crippen LogP contribution >= 0.6 is 0 Å². The molecule has 0 spiro atoms. The topological polar surface area (TPSA) is 97.7 Å². The summed E-state index contributed by atoms with van der Waals surface area (Å²) in [7, 11) is -4.01. The van der Waals surface area contributed by atoms with Gasteiger partial charge in [-0.3, -0.25) is 4.55 Å². The van der Waals surface area contributed by atoms with Gasteiger partial charge >= 0.3 is 0 Å². The van der Waals surface area contributed by atoms with E-state index in [-0.39, 0.29) is 0 Å². The van der Waals surface area contributed by atoms with E-state index in [1.165, 1.54) is 6.26 Å². The Morgan fingerprint density at radius 2 is 1.78 bits per heavy atom. The molecule has 18 heavy (non-hydrogen) atoms. The van der Waals surface area contributed by atoms with Gasteiger partial charge in [0.1, 0.15) is 5.75 Å². The third kappa shape index (κ3) is 5.83. The number of aryl methyl sites for hydroxylation is 1. The first-order valence-corrected chi connectivity index (χ1v) is 8.54. The molecule has 1 aromatic carbocycles. The lowest BCUT2D eigenvalue weighted by atomic mass is 10.1. The number of aliphatic hydroxyl groups is 1. The number of hydrogen-bond acceptors (Lipinski definition) is 4. The second-order valence-electron chi connectivity index (χ2n) is 4.03. The number of hydrogen-bond donors (Lipinski definition) is 2. The third-order valence-electron chi connectivity index (χ3n) is 2.44. The summed E-state index contributed by atoms with van der Waals surface area (Å²) in [4.78, 5) is 0. The SMILES string of the molecule is C[S+]([O-])C(O)CCc1ccc(CS(=O)(=O)O)cc1. The van der Waals surface area contributed by atoms with Crippen LogP contribution in [0.15, 0.2) is 24.3 Å². The summed E-state index contributed by atoms with van der Waals surface area (Å²) in [6, 6.07) is 6.68. The first-order chi connectivity index (χ1) is 8.28. The Morgan fingerprint density at radius 3 is 2.22 bits per heavy atom. The van der Waals surface area contributed by atoms with Crippen molar-refractivity contribution >= 4 is 21.3 Å². The first-order valence-electron chi connectivity index (χ1n) is 5.31. The zero-order chi connectivity index (χ0) is 13.8. The Bertz CT molecular complexity index is 467. The monoisotopic (exact) mass is 292 g/mol. The molecule has 2 unspecified atom stereocenters. The number of aliphatic hydroxyl groups excluding tert-OH is 1. The maximum absolute atomic E-state index is 10.9. The van der Waals surface area contributed by atoms with E-state index in [1.807, 2.05) is 0 Å². The second kappa shape index (κ2) is 6.53. The molecular formula is C11H16O5S2. The molecule has 1 rings (SSSR count). The predicted octanol–water partition coefficient (Wildman–Crippen LogP) is 0.704. The highest BCUT2D eigenvalue weighted by atomic mass is 32.2. The van der Waals surface area contributed by atoms with Crippen LogP contribution < -0.4 is 0 Å². The molecule has 0 aromatic heterocycles. The Morgan fingerprint density at radius 1 is 1.28 bits per heavy atom. The van der Waals surface area contributed by atoms with Gasteiger partial charge < -0.3 is 9.66 Å². The molecule has 0 aliphatic heterocycles. The highest BCUT2D eigenvalue weighted by molar-refractivity contribution is 7.91. The summed E-state index contributed by atoms with van der Waals surface area (Å²) in [5.41, 5.74) is 0.571. The standard InChI is InChI=1S/C11H16O5S2/c1-17(13)11(12)7-6-9-2-4-10(5-3-9)8-18(14,15)16/h2-5,11-12H,6-8H2,1H3,(H,14,15,16). The summed E-state index contributed by atoms with van der Waals surface area (Å²) in [5.74, 6) is -0.408. The molecule has 0 aliphatic rings. The van der Waals surface area contributed by atoms with E-state index in [2.05, 4.69) is 0 Å². The normalized spacial score (nSPS) is 15.3. The van der Waals surface area contributed by atoms with Crippen LogP contribution in [0.1, 0.15) is 17.5 Å². The molecule has 0 saturated carbocycles. The van der Waals surface area contributed by atoms with Crippen molar-refractivity contribution in [3.8, 4) is 0 Å². The molecule has 102 valence electrons. The van der Waals surface area contributed by atoms with Crippen LogP contribution in [0, 0.1) is 0 Å². The molecule has 2 N–H and O–H groups in total. The largest absolute Gasteiger partial charge is 0.615 e. The van der Waals surface area contributed by atoms with Crippen molar-refractivity contribution < 1.29 is 22.6 Å². The molecule has 7 heteroatoms. The molecule has 0 fully saturated rings. The Balaban J connectivity index is 2.56. The van der Waals surface area contributed by atoms with Crippen molar-refractivity contribution in [3.63, 3.8) is 0 Å². The summed E-state index contributed by atoms with van der Waals surface area (Å²) < 4.78 is 41.0. The lowest BCUT2D eigenvalue weighted by Crippen LogP contribution is -2.19. The Labute approximate surface area is 110 Å². The molecule has 0 amide bonds. The average Bonchev–Trinajstić information content (AvgIpc) is 2.25. The minimum atomic E-state index is -4.01. The lowest BCUT2D eigenvalue weighted by molar-refractivity contribution is 0.239. The third-order valence-corrected chi connectivity index (χ3v) is 4.14. The summed E-state index contributed by atoms with van der Waals surface area (Å²) in [5, 5.41) is 9.38. The Kier molecular flexibility index (Phi) is 5.61. The molecule has 0 saturated heterocycles. The quantitative estimate of drug-likeness (QED) is 0.594. The van der Waals surface area contributed by atoms with Gasteiger partial charge in [0, 0.05) is 6.42 Å². The number of rotatable bonds is 6. The van der Waals surface area contributed by atoms with E-state index in [9.17, 15) is 18.1 Å². The van der Waals surface area contributed by atoms with Crippen LogP contribution in [-0.2, 0) is 33.5 Å². The second-order valence-corrected chi connectivity index (χ2v) is 7.03. The van der Waals surface area contributed by atoms with Crippen molar-refractivity contribution in [1.82, 2.24) is 0 Å². The molecule has 0 heterocycles. The van der Waals surface area contributed by atoms with E-state index in [4.69, 9.17) is 4.55 Å². The van der Waals surface area contributed by atoms with E-state index < -0.39 is 32.5 Å². The molecule has 1 aromatic rings.